The minimum Gasteiger partial charge on any atom is -0.451 e. The van der Waals surface area contributed by atoms with Crippen LogP contribution < -0.4 is 5.32 Å². The minimum absolute atomic E-state index is 0.0647. The lowest BCUT2D eigenvalue weighted by Gasteiger charge is -2.55. The monoisotopic (exact) mass is 491 g/mol. The van der Waals surface area contributed by atoms with Gasteiger partial charge in [0, 0.05) is 44.5 Å². The summed E-state index contributed by atoms with van der Waals surface area (Å²) >= 11 is 0. The second-order valence-corrected chi connectivity index (χ2v) is 11.2. The van der Waals surface area contributed by atoms with Crippen LogP contribution in [0.4, 0.5) is 5.69 Å². The second kappa shape index (κ2) is 9.29. The van der Waals surface area contributed by atoms with Gasteiger partial charge in [0.05, 0.1) is 0 Å². The predicted molar refractivity (Wildman–Crippen MR) is 138 cm³/mol. The van der Waals surface area contributed by atoms with Crippen molar-refractivity contribution in [2.45, 2.75) is 70.3 Å². The molecule has 1 aromatic carbocycles. The van der Waals surface area contributed by atoms with Crippen molar-refractivity contribution < 1.29 is 23.9 Å². The van der Waals surface area contributed by atoms with E-state index in [2.05, 4.69) is 36.5 Å². The molecule has 0 bridgehead atoms. The lowest BCUT2D eigenvalue weighted by atomic mass is 9.50. The third-order valence-electron chi connectivity index (χ3n) is 9.50. The summed E-state index contributed by atoms with van der Waals surface area (Å²) < 4.78 is 11.3. The van der Waals surface area contributed by atoms with E-state index in [1.54, 1.807) is 0 Å². The maximum Gasteiger partial charge on any atom is 0.303 e. The molecule has 0 heterocycles. The fourth-order valence-corrected chi connectivity index (χ4v) is 8.00. The molecule has 6 heteroatoms. The number of benzene rings is 1. The highest BCUT2D eigenvalue weighted by Gasteiger charge is 2.68. The molecule has 6 nitrogen and oxygen atoms in total. The maximum atomic E-state index is 13.6. The van der Waals surface area contributed by atoms with E-state index < -0.39 is 17.0 Å². The molecule has 0 aromatic heterocycles. The zero-order chi connectivity index (χ0) is 25.7. The Morgan fingerprint density at radius 1 is 1.11 bits per heavy atom. The number of carbonyl (C=O) groups is 3. The highest BCUT2D eigenvalue weighted by molar-refractivity contribution is 5.93. The summed E-state index contributed by atoms with van der Waals surface area (Å²) in [5.74, 6) is 0.295. The molecule has 1 N–H and O–H groups in total. The van der Waals surface area contributed by atoms with Gasteiger partial charge in [0.1, 0.15) is 6.61 Å². The van der Waals surface area contributed by atoms with Crippen LogP contribution in [0.5, 0.6) is 0 Å². The normalized spacial score (nSPS) is 33.3. The number of nitrogens with one attached hydrogen (secondary N) is 1. The molecule has 4 aliphatic carbocycles. The average Bonchev–Trinajstić information content (AvgIpc) is 3.15. The van der Waals surface area contributed by atoms with Crippen LogP contribution in [-0.2, 0) is 23.9 Å². The molecular weight excluding hydrogens is 454 g/mol. The van der Waals surface area contributed by atoms with Crippen molar-refractivity contribution in [3.63, 3.8) is 0 Å². The highest BCUT2D eigenvalue weighted by Crippen LogP contribution is 2.67. The van der Waals surface area contributed by atoms with Gasteiger partial charge in [0.15, 0.2) is 11.4 Å². The van der Waals surface area contributed by atoms with Gasteiger partial charge in [-0.15, -0.1) is 0 Å². The first-order valence-corrected chi connectivity index (χ1v) is 13.2. The summed E-state index contributed by atoms with van der Waals surface area (Å²) in [5.41, 5.74) is 4.59. The Labute approximate surface area is 213 Å². The molecule has 1 unspecified atom stereocenters. The molecule has 5 atom stereocenters. The van der Waals surface area contributed by atoms with Crippen molar-refractivity contribution in [3.05, 3.63) is 52.6 Å². The SMILES string of the molecule is CNc1ccc(C2C[C@@]3(C)[C@@H](CC[C@]3(OC(C)=O)C(=O)COC)[C@@H]3CCC4=CC(=O)CCC4=C23)cc1. The van der Waals surface area contributed by atoms with E-state index >= 15 is 0 Å². The van der Waals surface area contributed by atoms with E-state index in [4.69, 9.17) is 9.47 Å². The van der Waals surface area contributed by atoms with Crippen molar-refractivity contribution in [2.24, 2.45) is 17.3 Å². The number of esters is 1. The summed E-state index contributed by atoms with van der Waals surface area (Å²) in [5, 5.41) is 3.20. The first kappa shape index (κ1) is 24.9. The number of ether oxygens (including phenoxy) is 2. The Balaban J connectivity index is 1.68. The summed E-state index contributed by atoms with van der Waals surface area (Å²) in [6.45, 7) is 3.51. The lowest BCUT2D eigenvalue weighted by molar-refractivity contribution is -0.185. The third kappa shape index (κ3) is 3.76. The second-order valence-electron chi connectivity index (χ2n) is 11.2. The fraction of sp³-hybridized carbons (Fsp3) is 0.567. The molecule has 2 saturated carbocycles. The highest BCUT2D eigenvalue weighted by atomic mass is 16.6. The van der Waals surface area contributed by atoms with E-state index in [1.165, 1.54) is 36.3 Å². The molecular formula is C30H37NO5. The number of rotatable bonds is 6. The van der Waals surface area contributed by atoms with Gasteiger partial charge in [-0.25, -0.2) is 0 Å². The van der Waals surface area contributed by atoms with Gasteiger partial charge in [-0.05, 0) is 85.3 Å². The van der Waals surface area contributed by atoms with Crippen molar-refractivity contribution >= 4 is 23.2 Å². The Bertz CT molecular complexity index is 1150. The summed E-state index contributed by atoms with van der Waals surface area (Å²) in [7, 11) is 3.43. The van der Waals surface area contributed by atoms with E-state index in [9.17, 15) is 14.4 Å². The fourth-order valence-electron chi connectivity index (χ4n) is 8.00. The topological polar surface area (TPSA) is 81.7 Å². The molecule has 5 rings (SSSR count). The summed E-state index contributed by atoms with van der Waals surface area (Å²) in [6, 6.07) is 8.54. The predicted octanol–water partition coefficient (Wildman–Crippen LogP) is 5.15. The molecule has 36 heavy (non-hydrogen) atoms. The first-order chi connectivity index (χ1) is 17.2. The van der Waals surface area contributed by atoms with E-state index in [-0.39, 0.29) is 30.0 Å². The van der Waals surface area contributed by atoms with Crippen LogP contribution >= 0.6 is 0 Å². The quantitative estimate of drug-likeness (QED) is 0.555. The third-order valence-corrected chi connectivity index (χ3v) is 9.50. The number of fused-ring (bicyclic) bond motifs is 4. The number of Topliss-reactive ketones (excluding diaryl/α,β-unsaturated/α-hetero) is 1. The number of hydrogen-bond acceptors (Lipinski definition) is 6. The zero-order valence-corrected chi connectivity index (χ0v) is 21.8. The van der Waals surface area contributed by atoms with Crippen LogP contribution in [0.3, 0.4) is 0 Å². The molecule has 1 aromatic rings. The van der Waals surface area contributed by atoms with E-state index in [1.807, 2.05) is 13.1 Å². The van der Waals surface area contributed by atoms with Crippen molar-refractivity contribution in [1.29, 1.82) is 0 Å². The van der Waals surface area contributed by atoms with Gasteiger partial charge in [0.2, 0.25) is 5.78 Å². The molecule has 4 aliphatic rings. The molecule has 0 amide bonds. The summed E-state index contributed by atoms with van der Waals surface area (Å²) in [4.78, 5) is 38.3. The zero-order valence-electron chi connectivity index (χ0n) is 21.8. The van der Waals surface area contributed by atoms with Gasteiger partial charge < -0.3 is 14.8 Å². The van der Waals surface area contributed by atoms with Gasteiger partial charge in [-0.2, -0.15) is 0 Å². The first-order valence-electron chi connectivity index (χ1n) is 13.2. The van der Waals surface area contributed by atoms with Crippen molar-refractivity contribution in [3.8, 4) is 0 Å². The van der Waals surface area contributed by atoms with Gasteiger partial charge >= 0.3 is 5.97 Å². The molecule has 0 aliphatic heterocycles. The average molecular weight is 492 g/mol. The molecule has 192 valence electrons. The van der Waals surface area contributed by atoms with Gasteiger partial charge in [-0.3, -0.25) is 14.4 Å². The lowest BCUT2D eigenvalue weighted by Crippen LogP contribution is -2.58. The van der Waals surface area contributed by atoms with E-state index in [0.717, 1.165) is 37.8 Å². The van der Waals surface area contributed by atoms with Crippen LogP contribution in [0.2, 0.25) is 0 Å². The molecule has 0 saturated heterocycles. The Hall–Kier alpha value is -2.73. The van der Waals surface area contributed by atoms with E-state index in [0.29, 0.717) is 18.8 Å². The van der Waals surface area contributed by atoms with Crippen LogP contribution in [0.1, 0.15) is 70.3 Å². The Morgan fingerprint density at radius 3 is 2.53 bits per heavy atom. The van der Waals surface area contributed by atoms with Gasteiger partial charge in [-0.1, -0.05) is 24.6 Å². The van der Waals surface area contributed by atoms with Crippen LogP contribution in [-0.4, -0.2) is 43.9 Å². The molecule has 2 fully saturated rings. The number of allylic oxidation sites excluding steroid dienone is 4. The van der Waals surface area contributed by atoms with Crippen molar-refractivity contribution in [2.75, 3.05) is 26.1 Å². The maximum absolute atomic E-state index is 13.6. The number of methoxy groups -OCH3 is 1. The number of ketones is 2. The van der Waals surface area contributed by atoms with Crippen molar-refractivity contribution in [1.82, 2.24) is 0 Å². The van der Waals surface area contributed by atoms with Crippen LogP contribution in [0, 0.1) is 17.3 Å². The number of carbonyl (C=O) groups excluding carboxylic acids is 3. The number of hydrogen-bond donors (Lipinski definition) is 1. The number of anilines is 1. The molecule has 0 radical (unpaired) electrons. The van der Waals surface area contributed by atoms with Crippen LogP contribution in [0.25, 0.3) is 0 Å². The smallest absolute Gasteiger partial charge is 0.303 e. The Morgan fingerprint density at radius 2 is 1.86 bits per heavy atom. The molecule has 0 spiro atoms. The van der Waals surface area contributed by atoms with Crippen LogP contribution in [0.15, 0.2) is 47.1 Å². The van der Waals surface area contributed by atoms with Gasteiger partial charge in [0.25, 0.3) is 0 Å². The Kier molecular flexibility index (Phi) is 6.44. The standard InChI is InChI=1S/C30H37NO5/c1-18(32)36-30(27(34)17-35-4)14-13-26-24-11-7-20-15-22(33)10-12-23(20)28(24)25(16-29(26,30)2)19-5-8-21(31-3)9-6-19/h5-6,8-9,15,24-26,31H,7,10-14,16-17H2,1-4H3/t24-,25?,26-,29-,30-/m0/s1. The minimum atomic E-state index is -1.18. The largest absolute Gasteiger partial charge is 0.451 e. The summed E-state index contributed by atoms with van der Waals surface area (Å²) in [6.07, 6.45) is 7.16.